The van der Waals surface area contributed by atoms with Crippen LogP contribution in [-0.4, -0.2) is 28.1 Å². The topological polar surface area (TPSA) is 79.5 Å². The molecule has 1 N–H and O–H groups in total. The number of aryl methyl sites for hydroxylation is 1. The molecule has 6 nitrogen and oxygen atoms in total. The fourth-order valence-corrected chi connectivity index (χ4v) is 3.31. The van der Waals surface area contributed by atoms with Gasteiger partial charge in [0.1, 0.15) is 11.6 Å². The van der Waals surface area contributed by atoms with Crippen molar-refractivity contribution in [3.8, 4) is 0 Å². The van der Waals surface area contributed by atoms with Gasteiger partial charge in [0.2, 0.25) is 5.76 Å². The van der Waals surface area contributed by atoms with E-state index < -0.39 is 5.97 Å². The zero-order chi connectivity index (χ0) is 19.2. The van der Waals surface area contributed by atoms with Crippen LogP contribution in [0, 0.1) is 0 Å². The lowest BCUT2D eigenvalue weighted by atomic mass is 10.2. The molecular weight excluding hydrogens is 362 g/mol. The maximum atomic E-state index is 10.9. The van der Waals surface area contributed by atoms with Crippen molar-refractivity contribution in [2.24, 2.45) is 0 Å². The summed E-state index contributed by atoms with van der Waals surface area (Å²) in [4.78, 5) is 22.2. The Balaban J connectivity index is 1.73. The number of nitrogens with zero attached hydrogens (tertiary/aromatic N) is 3. The summed E-state index contributed by atoms with van der Waals surface area (Å²) in [6.07, 6.45) is 0.812. The fourth-order valence-electron chi connectivity index (χ4n) is 2.55. The van der Waals surface area contributed by atoms with E-state index in [9.17, 15) is 4.79 Å². The average Bonchev–Trinajstić information content (AvgIpc) is 3.16. The third-order valence-electron chi connectivity index (χ3n) is 3.98. The minimum Gasteiger partial charge on any atom is -0.475 e. The highest BCUT2D eigenvalue weighted by Crippen LogP contribution is 2.24. The number of carboxylic acid groups (broad SMARTS) is 1. The largest absolute Gasteiger partial charge is 0.475 e. The molecule has 0 aliphatic heterocycles. The van der Waals surface area contributed by atoms with Crippen molar-refractivity contribution in [2.45, 2.75) is 30.8 Å². The molecule has 0 saturated carbocycles. The predicted octanol–water partition coefficient (Wildman–Crippen LogP) is 4.26. The minimum absolute atomic E-state index is 0.0582. The lowest BCUT2D eigenvalue weighted by molar-refractivity contribution is 0.0661. The van der Waals surface area contributed by atoms with Gasteiger partial charge in [0.25, 0.3) is 0 Å². The molecule has 0 unspecified atom stereocenters. The van der Waals surface area contributed by atoms with Crippen molar-refractivity contribution in [1.82, 2.24) is 9.97 Å². The highest BCUT2D eigenvalue weighted by molar-refractivity contribution is 7.98. The summed E-state index contributed by atoms with van der Waals surface area (Å²) in [5, 5.41) is 9.59. The molecule has 0 spiro atoms. The number of furan rings is 1. The van der Waals surface area contributed by atoms with Crippen LogP contribution in [-0.2, 0) is 18.7 Å². The molecule has 0 fully saturated rings. The third kappa shape index (κ3) is 5.10. The van der Waals surface area contributed by atoms with Crippen LogP contribution < -0.4 is 4.90 Å². The second-order valence-electron chi connectivity index (χ2n) is 6.06. The summed E-state index contributed by atoms with van der Waals surface area (Å²) < 4.78 is 5.29. The smallest absolute Gasteiger partial charge is 0.371 e. The molecule has 0 amide bonds. The Morgan fingerprint density at radius 3 is 2.63 bits per heavy atom. The number of hydrogen-bond acceptors (Lipinski definition) is 6. The van der Waals surface area contributed by atoms with Crippen LogP contribution in [0.5, 0.6) is 0 Å². The summed E-state index contributed by atoms with van der Waals surface area (Å²) in [5.41, 5.74) is 2.18. The second kappa shape index (κ2) is 8.73. The van der Waals surface area contributed by atoms with Gasteiger partial charge in [-0.15, -0.1) is 0 Å². The van der Waals surface area contributed by atoms with Crippen LogP contribution >= 0.6 is 11.8 Å². The average molecular weight is 383 g/mol. The molecular formula is C20H21N3O3S. The normalized spacial score (nSPS) is 10.7. The van der Waals surface area contributed by atoms with Gasteiger partial charge in [-0.2, -0.15) is 0 Å². The first-order chi connectivity index (χ1) is 13.0. The molecule has 0 radical (unpaired) electrons. The summed E-state index contributed by atoms with van der Waals surface area (Å²) in [6.45, 7) is 2.81. The lowest BCUT2D eigenvalue weighted by Gasteiger charge is -2.19. The van der Waals surface area contributed by atoms with Crippen LogP contribution in [0.15, 0.2) is 58.1 Å². The van der Waals surface area contributed by atoms with E-state index in [1.165, 1.54) is 23.4 Å². The van der Waals surface area contributed by atoms with Crippen LogP contribution in [0.25, 0.3) is 0 Å². The number of hydrogen-bond donors (Lipinski definition) is 1. The second-order valence-corrected chi connectivity index (χ2v) is 7.00. The van der Waals surface area contributed by atoms with Gasteiger partial charge in [-0.3, -0.25) is 0 Å². The summed E-state index contributed by atoms with van der Waals surface area (Å²) >= 11 is 1.43. The van der Waals surface area contributed by atoms with E-state index >= 15 is 0 Å². The van der Waals surface area contributed by atoms with Crippen molar-refractivity contribution in [3.63, 3.8) is 0 Å². The third-order valence-corrected chi connectivity index (χ3v) is 4.85. The van der Waals surface area contributed by atoms with Gasteiger partial charge in [-0.25, -0.2) is 14.8 Å². The number of aromatic nitrogens is 2. The SMILES string of the molecule is CCc1cc(N(C)Cc2ccccc2)nc(SCc2ccc(C(=O)O)o2)n1. The molecule has 27 heavy (non-hydrogen) atoms. The summed E-state index contributed by atoms with van der Waals surface area (Å²) in [5.74, 6) is 0.792. The van der Waals surface area contributed by atoms with E-state index in [2.05, 4.69) is 33.9 Å². The molecule has 1 aromatic carbocycles. The van der Waals surface area contributed by atoms with Gasteiger partial charge < -0.3 is 14.4 Å². The van der Waals surface area contributed by atoms with Gasteiger partial charge in [-0.1, -0.05) is 49.0 Å². The van der Waals surface area contributed by atoms with E-state index in [1.54, 1.807) is 6.07 Å². The van der Waals surface area contributed by atoms with E-state index in [0.717, 1.165) is 24.5 Å². The van der Waals surface area contributed by atoms with Gasteiger partial charge in [-0.05, 0) is 24.1 Å². The van der Waals surface area contributed by atoms with Crippen molar-refractivity contribution >= 4 is 23.5 Å². The molecule has 0 saturated heterocycles. The van der Waals surface area contributed by atoms with Crippen LogP contribution in [0.3, 0.4) is 0 Å². The van der Waals surface area contributed by atoms with E-state index in [0.29, 0.717) is 16.7 Å². The van der Waals surface area contributed by atoms with Gasteiger partial charge >= 0.3 is 5.97 Å². The number of thioether (sulfide) groups is 1. The standard InChI is InChI=1S/C20H21N3O3S/c1-3-15-11-18(23(2)12-14-7-5-4-6-8-14)22-20(21-15)27-13-16-9-10-17(26-16)19(24)25/h4-11H,3,12-13H2,1-2H3,(H,24,25). The van der Waals surface area contributed by atoms with Gasteiger partial charge in [0.05, 0.1) is 5.75 Å². The van der Waals surface area contributed by atoms with Crippen molar-refractivity contribution < 1.29 is 14.3 Å². The Hall–Kier alpha value is -2.80. The summed E-state index contributed by atoms with van der Waals surface area (Å²) in [7, 11) is 2.01. The Morgan fingerprint density at radius 2 is 1.96 bits per heavy atom. The van der Waals surface area contributed by atoms with Crippen molar-refractivity contribution in [3.05, 3.63) is 71.3 Å². The molecule has 0 aliphatic carbocycles. The van der Waals surface area contributed by atoms with Crippen LogP contribution in [0.2, 0.25) is 0 Å². The van der Waals surface area contributed by atoms with E-state index in [1.807, 2.05) is 31.3 Å². The van der Waals surface area contributed by atoms with E-state index in [-0.39, 0.29) is 5.76 Å². The first-order valence-corrected chi connectivity index (χ1v) is 9.61. The molecule has 2 aromatic heterocycles. The summed E-state index contributed by atoms with van der Waals surface area (Å²) in [6, 6.07) is 15.4. The number of benzene rings is 1. The first kappa shape index (κ1) is 19.0. The Bertz CT molecular complexity index is 912. The van der Waals surface area contributed by atoms with Crippen LogP contribution in [0.4, 0.5) is 5.82 Å². The number of carbonyl (C=O) groups is 1. The number of carboxylic acids is 1. The fraction of sp³-hybridized carbons (Fsp3) is 0.250. The molecule has 0 aliphatic rings. The monoisotopic (exact) mass is 383 g/mol. The maximum absolute atomic E-state index is 10.9. The quantitative estimate of drug-likeness (QED) is 0.460. The van der Waals surface area contributed by atoms with E-state index in [4.69, 9.17) is 9.52 Å². The highest BCUT2D eigenvalue weighted by atomic mass is 32.2. The Morgan fingerprint density at radius 1 is 1.19 bits per heavy atom. The van der Waals surface area contributed by atoms with Crippen molar-refractivity contribution in [1.29, 1.82) is 0 Å². The highest BCUT2D eigenvalue weighted by Gasteiger charge is 2.12. The molecule has 2 heterocycles. The molecule has 3 rings (SSSR count). The molecule has 3 aromatic rings. The Kier molecular flexibility index (Phi) is 6.13. The molecule has 140 valence electrons. The van der Waals surface area contributed by atoms with Crippen LogP contribution in [0.1, 0.15) is 34.5 Å². The molecule has 7 heteroatoms. The van der Waals surface area contributed by atoms with Gasteiger partial charge in [0, 0.05) is 25.4 Å². The minimum atomic E-state index is -1.07. The first-order valence-electron chi connectivity index (χ1n) is 8.63. The van der Waals surface area contributed by atoms with Gasteiger partial charge in [0.15, 0.2) is 5.16 Å². The molecule has 0 atom stereocenters. The molecule has 0 bridgehead atoms. The number of aromatic carboxylic acids is 1. The predicted molar refractivity (Wildman–Crippen MR) is 105 cm³/mol. The Labute approximate surface area is 162 Å². The van der Waals surface area contributed by atoms with Crippen molar-refractivity contribution in [2.75, 3.05) is 11.9 Å². The maximum Gasteiger partial charge on any atom is 0.371 e. The number of rotatable bonds is 8. The zero-order valence-corrected chi connectivity index (χ0v) is 16.1. The zero-order valence-electron chi connectivity index (χ0n) is 15.3. The number of anilines is 1. The lowest BCUT2D eigenvalue weighted by Crippen LogP contribution is -2.18.